The predicted octanol–water partition coefficient (Wildman–Crippen LogP) is 3.69. The lowest BCUT2D eigenvalue weighted by Crippen LogP contribution is -2.19. The van der Waals surface area contributed by atoms with E-state index in [2.05, 4.69) is 10.6 Å². The number of phenols is 1. The highest BCUT2D eigenvalue weighted by atomic mass is 35.5. The normalized spacial score (nSPS) is 9.83. The summed E-state index contributed by atoms with van der Waals surface area (Å²) in [6.45, 7) is 0. The number of carbonyl (C=O) groups is 1. The van der Waals surface area contributed by atoms with Crippen molar-refractivity contribution in [3.63, 3.8) is 0 Å². The number of urea groups is 1. The van der Waals surface area contributed by atoms with E-state index in [0.29, 0.717) is 16.4 Å². The number of amides is 2. The maximum Gasteiger partial charge on any atom is 0.323 e. The van der Waals surface area contributed by atoms with Crippen molar-refractivity contribution in [2.45, 2.75) is 0 Å². The maximum absolute atomic E-state index is 11.6. The second-order valence-corrected chi connectivity index (χ2v) is 4.07. The van der Waals surface area contributed by atoms with Crippen molar-refractivity contribution in [2.75, 3.05) is 10.6 Å². The molecule has 18 heavy (non-hydrogen) atoms. The average Bonchev–Trinajstić information content (AvgIpc) is 2.32. The number of benzene rings is 2. The molecule has 0 fully saturated rings. The summed E-state index contributed by atoms with van der Waals surface area (Å²) in [5, 5.41) is 15.1. The van der Waals surface area contributed by atoms with Crippen molar-refractivity contribution in [1.29, 1.82) is 0 Å². The van der Waals surface area contributed by atoms with Crippen LogP contribution < -0.4 is 10.6 Å². The Balaban J connectivity index is 1.98. The van der Waals surface area contributed by atoms with Gasteiger partial charge in [0.2, 0.25) is 0 Å². The third-order valence-corrected chi connectivity index (χ3v) is 2.46. The molecule has 2 aromatic carbocycles. The molecule has 0 bridgehead atoms. The number of aromatic hydroxyl groups is 1. The van der Waals surface area contributed by atoms with Crippen LogP contribution in [0.1, 0.15) is 0 Å². The van der Waals surface area contributed by atoms with Crippen LogP contribution in [0.2, 0.25) is 5.02 Å². The third kappa shape index (κ3) is 3.40. The summed E-state index contributed by atoms with van der Waals surface area (Å²) in [6.07, 6.45) is 0. The molecule has 2 aromatic rings. The highest BCUT2D eigenvalue weighted by Crippen LogP contribution is 2.16. The fourth-order valence-electron chi connectivity index (χ4n) is 1.41. The zero-order chi connectivity index (χ0) is 13.0. The molecule has 0 saturated heterocycles. The van der Waals surface area contributed by atoms with Crippen LogP contribution in [0, 0.1) is 0 Å². The van der Waals surface area contributed by atoms with Gasteiger partial charge in [-0.3, -0.25) is 0 Å². The largest absolute Gasteiger partial charge is 0.508 e. The standard InChI is InChI=1S/C13H11ClN2O2/c14-9-4-6-10(7-5-9)15-13(18)16-11-2-1-3-12(17)8-11/h1-8,17H,(H2,15,16,18). The molecule has 0 saturated carbocycles. The van der Waals surface area contributed by atoms with Gasteiger partial charge in [-0.05, 0) is 36.4 Å². The number of hydrogen-bond acceptors (Lipinski definition) is 2. The number of anilines is 2. The average molecular weight is 263 g/mol. The van der Waals surface area contributed by atoms with Gasteiger partial charge in [-0.2, -0.15) is 0 Å². The molecule has 0 radical (unpaired) electrons. The highest BCUT2D eigenvalue weighted by molar-refractivity contribution is 6.30. The highest BCUT2D eigenvalue weighted by Gasteiger charge is 2.02. The van der Waals surface area contributed by atoms with Gasteiger partial charge < -0.3 is 15.7 Å². The Morgan fingerprint density at radius 3 is 2.33 bits per heavy atom. The summed E-state index contributed by atoms with van der Waals surface area (Å²) in [7, 11) is 0. The zero-order valence-electron chi connectivity index (χ0n) is 9.35. The Hall–Kier alpha value is -2.20. The van der Waals surface area contributed by atoms with Gasteiger partial charge in [0.25, 0.3) is 0 Å². The van der Waals surface area contributed by atoms with Gasteiger partial charge in [0.05, 0.1) is 0 Å². The lowest BCUT2D eigenvalue weighted by Gasteiger charge is -2.07. The van der Waals surface area contributed by atoms with E-state index < -0.39 is 0 Å². The Labute approximate surface area is 109 Å². The van der Waals surface area contributed by atoms with Gasteiger partial charge in [-0.1, -0.05) is 17.7 Å². The van der Waals surface area contributed by atoms with Crippen LogP contribution in [0.4, 0.5) is 16.2 Å². The van der Waals surface area contributed by atoms with Crippen molar-refractivity contribution in [3.05, 3.63) is 53.6 Å². The van der Waals surface area contributed by atoms with Crippen molar-refractivity contribution >= 4 is 29.0 Å². The van der Waals surface area contributed by atoms with E-state index in [0.717, 1.165) is 0 Å². The quantitative estimate of drug-likeness (QED) is 0.773. The van der Waals surface area contributed by atoms with Gasteiger partial charge in [-0.25, -0.2) is 4.79 Å². The first kappa shape index (κ1) is 12.3. The number of hydrogen-bond donors (Lipinski definition) is 3. The minimum absolute atomic E-state index is 0.0966. The van der Waals surface area contributed by atoms with Crippen LogP contribution in [0.5, 0.6) is 5.75 Å². The van der Waals surface area contributed by atoms with Gasteiger partial charge in [-0.15, -0.1) is 0 Å². The molecule has 3 N–H and O–H groups in total. The van der Waals surface area contributed by atoms with Gasteiger partial charge in [0, 0.05) is 22.5 Å². The molecular weight excluding hydrogens is 252 g/mol. The van der Waals surface area contributed by atoms with E-state index in [9.17, 15) is 9.90 Å². The Bertz CT molecular complexity index is 555. The minimum atomic E-state index is -0.386. The van der Waals surface area contributed by atoms with Crippen LogP contribution in [0.25, 0.3) is 0 Å². The Morgan fingerprint density at radius 1 is 1.00 bits per heavy atom. The van der Waals surface area contributed by atoms with Crippen LogP contribution in [0.15, 0.2) is 48.5 Å². The number of nitrogens with one attached hydrogen (secondary N) is 2. The zero-order valence-corrected chi connectivity index (χ0v) is 10.1. The van der Waals surface area contributed by atoms with Crippen molar-refractivity contribution in [3.8, 4) is 5.75 Å². The van der Waals surface area contributed by atoms with Crippen LogP contribution >= 0.6 is 11.6 Å². The van der Waals surface area contributed by atoms with Crippen molar-refractivity contribution < 1.29 is 9.90 Å². The van der Waals surface area contributed by atoms with E-state index in [4.69, 9.17) is 11.6 Å². The molecule has 2 rings (SSSR count). The Morgan fingerprint density at radius 2 is 1.67 bits per heavy atom. The molecule has 0 unspecified atom stereocenters. The van der Waals surface area contributed by atoms with Crippen molar-refractivity contribution in [1.82, 2.24) is 0 Å². The molecule has 0 spiro atoms. The van der Waals surface area contributed by atoms with Crippen LogP contribution in [-0.4, -0.2) is 11.1 Å². The van der Waals surface area contributed by atoms with E-state index in [1.165, 1.54) is 12.1 Å². The first-order chi connectivity index (χ1) is 8.63. The molecule has 2 amide bonds. The van der Waals surface area contributed by atoms with E-state index in [-0.39, 0.29) is 11.8 Å². The summed E-state index contributed by atoms with van der Waals surface area (Å²) in [5.41, 5.74) is 1.15. The fourth-order valence-corrected chi connectivity index (χ4v) is 1.54. The van der Waals surface area contributed by atoms with Crippen LogP contribution in [0.3, 0.4) is 0 Å². The number of halogens is 1. The van der Waals surface area contributed by atoms with E-state index >= 15 is 0 Å². The lowest BCUT2D eigenvalue weighted by atomic mass is 10.3. The second kappa shape index (κ2) is 5.42. The van der Waals surface area contributed by atoms with Gasteiger partial charge in [0.1, 0.15) is 5.75 Å². The molecule has 4 nitrogen and oxygen atoms in total. The summed E-state index contributed by atoms with van der Waals surface area (Å²) in [5.74, 6) is 0.0966. The van der Waals surface area contributed by atoms with Crippen molar-refractivity contribution in [2.24, 2.45) is 0 Å². The van der Waals surface area contributed by atoms with E-state index in [1.54, 1.807) is 36.4 Å². The molecule has 0 heterocycles. The summed E-state index contributed by atoms with van der Waals surface area (Å²) < 4.78 is 0. The smallest absolute Gasteiger partial charge is 0.323 e. The third-order valence-electron chi connectivity index (χ3n) is 2.21. The molecule has 0 aliphatic heterocycles. The van der Waals surface area contributed by atoms with Crippen LogP contribution in [-0.2, 0) is 0 Å². The summed E-state index contributed by atoms with van der Waals surface area (Å²) >= 11 is 5.74. The molecular formula is C13H11ClN2O2. The SMILES string of the molecule is O=C(Nc1ccc(Cl)cc1)Nc1cccc(O)c1. The monoisotopic (exact) mass is 262 g/mol. The molecule has 0 atom stereocenters. The first-order valence-corrected chi connectivity index (χ1v) is 5.64. The Kier molecular flexibility index (Phi) is 3.69. The van der Waals surface area contributed by atoms with Gasteiger partial charge in [0.15, 0.2) is 0 Å². The number of rotatable bonds is 2. The van der Waals surface area contributed by atoms with E-state index in [1.807, 2.05) is 0 Å². The molecule has 5 heteroatoms. The minimum Gasteiger partial charge on any atom is -0.508 e. The lowest BCUT2D eigenvalue weighted by molar-refractivity contribution is 0.262. The molecule has 0 aliphatic carbocycles. The molecule has 92 valence electrons. The topological polar surface area (TPSA) is 61.4 Å². The summed E-state index contributed by atoms with van der Waals surface area (Å²) in [4.78, 5) is 11.6. The number of phenolic OH excluding ortho intramolecular Hbond substituents is 1. The predicted molar refractivity (Wildman–Crippen MR) is 72.2 cm³/mol. The maximum atomic E-state index is 11.6. The fraction of sp³-hybridized carbons (Fsp3) is 0. The molecule has 0 aliphatic rings. The second-order valence-electron chi connectivity index (χ2n) is 3.64. The summed E-state index contributed by atoms with van der Waals surface area (Å²) in [6, 6.07) is 12.7. The molecule has 0 aromatic heterocycles. The first-order valence-electron chi connectivity index (χ1n) is 5.26. The number of carbonyl (C=O) groups excluding carboxylic acids is 1. The van der Waals surface area contributed by atoms with Gasteiger partial charge >= 0.3 is 6.03 Å².